The highest BCUT2D eigenvalue weighted by atomic mass is 32.2. The predicted molar refractivity (Wildman–Crippen MR) is 118 cm³/mol. The minimum atomic E-state index is -3.52. The molecule has 0 radical (unpaired) electrons. The van der Waals surface area contributed by atoms with Crippen LogP contribution in [0.3, 0.4) is 0 Å². The van der Waals surface area contributed by atoms with Gasteiger partial charge in [0, 0.05) is 17.0 Å². The van der Waals surface area contributed by atoms with Gasteiger partial charge in [-0.05, 0) is 56.7 Å². The maximum atomic E-state index is 12.4. The number of methoxy groups -OCH3 is 1. The number of ether oxygens (including phenoxy) is 1. The van der Waals surface area contributed by atoms with Gasteiger partial charge in [0.2, 0.25) is 15.0 Å². The first-order chi connectivity index (χ1) is 14.4. The number of fused-ring (bicyclic) bond motifs is 1. The van der Waals surface area contributed by atoms with Crippen LogP contribution in [-0.4, -0.2) is 36.7 Å². The highest BCUT2D eigenvalue weighted by Gasteiger charge is 2.17. The van der Waals surface area contributed by atoms with Crippen molar-refractivity contribution in [3.8, 4) is 17.1 Å². The minimum Gasteiger partial charge on any atom is -0.497 e. The van der Waals surface area contributed by atoms with Gasteiger partial charge in [0.1, 0.15) is 5.75 Å². The molecule has 9 heteroatoms. The van der Waals surface area contributed by atoms with Gasteiger partial charge in [-0.1, -0.05) is 29.0 Å². The molecule has 0 aliphatic rings. The summed E-state index contributed by atoms with van der Waals surface area (Å²) >= 11 is 1.53. The Balaban J connectivity index is 1.46. The molecule has 2 heterocycles. The van der Waals surface area contributed by atoms with Crippen LogP contribution >= 0.6 is 11.3 Å². The maximum Gasteiger partial charge on any atom is 0.240 e. The largest absolute Gasteiger partial charge is 0.497 e. The third kappa shape index (κ3) is 4.09. The predicted octanol–water partition coefficient (Wildman–Crippen LogP) is 3.60. The van der Waals surface area contributed by atoms with E-state index in [4.69, 9.17) is 4.74 Å². The van der Waals surface area contributed by atoms with Gasteiger partial charge in [0.25, 0.3) is 0 Å². The zero-order valence-electron chi connectivity index (χ0n) is 16.9. The van der Waals surface area contributed by atoms with Crippen molar-refractivity contribution < 1.29 is 13.2 Å². The molecule has 2 aromatic carbocycles. The molecule has 0 bridgehead atoms. The Bertz CT molecular complexity index is 1270. The van der Waals surface area contributed by atoms with Crippen LogP contribution in [-0.2, 0) is 16.4 Å². The number of nitrogens with one attached hydrogen (secondary N) is 1. The van der Waals surface area contributed by atoms with Crippen LogP contribution in [0.2, 0.25) is 0 Å². The van der Waals surface area contributed by atoms with Gasteiger partial charge in [0.05, 0.1) is 17.7 Å². The van der Waals surface area contributed by atoms with E-state index in [1.165, 1.54) is 11.3 Å². The van der Waals surface area contributed by atoms with E-state index < -0.39 is 10.0 Å². The standard InChI is InChI=1S/C21H22N4O3S2/c1-14-4-10-18(11-5-14)30(26,27)22-13-12-19-15(2)25-21(29-19)23-20(24-25)16-6-8-17(28-3)9-7-16/h4-11,22H,12-13H2,1-3H3. The molecule has 0 unspecified atom stereocenters. The van der Waals surface area contributed by atoms with Gasteiger partial charge in [-0.15, -0.1) is 5.10 Å². The second kappa shape index (κ2) is 8.17. The first-order valence-electron chi connectivity index (χ1n) is 9.43. The average molecular weight is 443 g/mol. The summed E-state index contributed by atoms with van der Waals surface area (Å²) in [6, 6.07) is 14.4. The molecule has 0 saturated heterocycles. The van der Waals surface area contributed by atoms with Crippen molar-refractivity contribution in [1.82, 2.24) is 19.3 Å². The van der Waals surface area contributed by atoms with Crippen molar-refractivity contribution in [3.05, 3.63) is 64.7 Å². The molecule has 0 atom stereocenters. The molecule has 1 N–H and O–H groups in total. The lowest BCUT2D eigenvalue weighted by atomic mass is 10.2. The lowest BCUT2D eigenvalue weighted by Gasteiger charge is -2.06. The van der Waals surface area contributed by atoms with Gasteiger partial charge in [-0.3, -0.25) is 0 Å². The number of nitrogens with zero attached hydrogens (tertiary/aromatic N) is 3. The molecule has 0 spiro atoms. The summed E-state index contributed by atoms with van der Waals surface area (Å²) in [7, 11) is -1.89. The molecule has 0 saturated carbocycles. The van der Waals surface area contributed by atoms with E-state index in [2.05, 4.69) is 14.8 Å². The lowest BCUT2D eigenvalue weighted by Crippen LogP contribution is -2.26. The maximum absolute atomic E-state index is 12.4. The quantitative estimate of drug-likeness (QED) is 0.473. The second-order valence-corrected chi connectivity index (χ2v) is 9.76. The summed E-state index contributed by atoms with van der Waals surface area (Å²) in [4.78, 5) is 6.74. The Hall–Kier alpha value is -2.75. The smallest absolute Gasteiger partial charge is 0.240 e. The molecule has 0 aliphatic carbocycles. The first kappa shape index (κ1) is 20.5. The van der Waals surface area contributed by atoms with Crippen LogP contribution in [0.25, 0.3) is 16.3 Å². The van der Waals surface area contributed by atoms with Crippen LogP contribution in [0.5, 0.6) is 5.75 Å². The minimum absolute atomic E-state index is 0.275. The molecule has 0 fully saturated rings. The van der Waals surface area contributed by atoms with Crippen molar-refractivity contribution >= 4 is 26.3 Å². The Morgan fingerprint density at radius 3 is 2.40 bits per heavy atom. The van der Waals surface area contributed by atoms with E-state index in [9.17, 15) is 8.42 Å². The number of rotatable bonds is 7. The monoisotopic (exact) mass is 442 g/mol. The van der Waals surface area contributed by atoms with Crippen molar-refractivity contribution in [2.45, 2.75) is 25.2 Å². The molecule has 156 valence electrons. The molecule has 2 aromatic heterocycles. The molecule has 0 aliphatic heterocycles. The summed E-state index contributed by atoms with van der Waals surface area (Å²) in [5.41, 5.74) is 2.91. The van der Waals surface area contributed by atoms with Gasteiger partial charge in [-0.25, -0.2) is 17.7 Å². The summed E-state index contributed by atoms with van der Waals surface area (Å²) in [5.74, 6) is 1.44. The van der Waals surface area contributed by atoms with Gasteiger partial charge in [-0.2, -0.15) is 4.98 Å². The van der Waals surface area contributed by atoms with E-state index in [1.807, 2.05) is 42.6 Å². The van der Waals surface area contributed by atoms with Crippen LogP contribution < -0.4 is 9.46 Å². The third-order valence-corrected chi connectivity index (χ3v) is 7.51. The SMILES string of the molecule is COc1ccc(-c2nc3sc(CCNS(=O)(=O)c4ccc(C)cc4)c(C)n3n2)cc1. The first-order valence-corrected chi connectivity index (χ1v) is 11.7. The van der Waals surface area contributed by atoms with Crippen molar-refractivity contribution in [2.75, 3.05) is 13.7 Å². The van der Waals surface area contributed by atoms with Crippen LogP contribution in [0.15, 0.2) is 53.4 Å². The Morgan fingerprint density at radius 1 is 1.07 bits per heavy atom. The summed E-state index contributed by atoms with van der Waals surface area (Å²) in [5, 5.41) is 4.61. The lowest BCUT2D eigenvalue weighted by molar-refractivity contribution is 0.415. The molecule has 4 rings (SSSR count). The van der Waals surface area contributed by atoms with E-state index in [-0.39, 0.29) is 4.90 Å². The molecule has 4 aromatic rings. The molecular formula is C21H22N4O3S2. The van der Waals surface area contributed by atoms with Crippen LogP contribution in [0.4, 0.5) is 0 Å². The van der Waals surface area contributed by atoms with Crippen LogP contribution in [0.1, 0.15) is 16.1 Å². The van der Waals surface area contributed by atoms with Gasteiger partial charge >= 0.3 is 0 Å². The zero-order chi connectivity index (χ0) is 21.3. The third-order valence-electron chi connectivity index (χ3n) is 4.84. The Kier molecular flexibility index (Phi) is 5.59. The summed E-state index contributed by atoms with van der Waals surface area (Å²) in [6.45, 7) is 4.21. The van der Waals surface area contributed by atoms with Crippen molar-refractivity contribution in [3.63, 3.8) is 0 Å². The van der Waals surface area contributed by atoms with Crippen molar-refractivity contribution in [1.29, 1.82) is 0 Å². The van der Waals surface area contributed by atoms with E-state index in [1.54, 1.807) is 31.4 Å². The number of benzene rings is 2. The molecule has 7 nitrogen and oxygen atoms in total. The molecular weight excluding hydrogens is 420 g/mol. The highest BCUT2D eigenvalue weighted by molar-refractivity contribution is 7.89. The second-order valence-electron chi connectivity index (χ2n) is 6.93. The normalized spacial score (nSPS) is 11.8. The van der Waals surface area contributed by atoms with Gasteiger partial charge in [0.15, 0.2) is 5.82 Å². The summed E-state index contributed by atoms with van der Waals surface area (Å²) in [6.07, 6.45) is 0.574. The number of thiazole rings is 1. The van der Waals surface area contributed by atoms with E-state index in [0.29, 0.717) is 18.8 Å². The topological polar surface area (TPSA) is 85.6 Å². The van der Waals surface area contributed by atoms with E-state index in [0.717, 1.165) is 32.4 Å². The average Bonchev–Trinajstić information content (AvgIpc) is 3.28. The fourth-order valence-electron chi connectivity index (χ4n) is 3.08. The Morgan fingerprint density at radius 2 is 1.77 bits per heavy atom. The van der Waals surface area contributed by atoms with E-state index >= 15 is 0 Å². The number of hydrogen-bond acceptors (Lipinski definition) is 6. The Labute approximate surface area is 179 Å². The number of hydrogen-bond donors (Lipinski definition) is 1. The fraction of sp³-hybridized carbons (Fsp3) is 0.238. The molecule has 30 heavy (non-hydrogen) atoms. The van der Waals surface area contributed by atoms with Crippen LogP contribution in [0, 0.1) is 13.8 Å². The highest BCUT2D eigenvalue weighted by Crippen LogP contribution is 2.26. The number of sulfonamides is 1. The molecule has 0 amide bonds. The number of aryl methyl sites for hydroxylation is 2. The fourth-order valence-corrected chi connectivity index (χ4v) is 5.17. The van der Waals surface area contributed by atoms with Crippen molar-refractivity contribution in [2.24, 2.45) is 0 Å². The number of aromatic nitrogens is 3. The van der Waals surface area contributed by atoms with Gasteiger partial charge < -0.3 is 4.74 Å². The summed E-state index contributed by atoms with van der Waals surface area (Å²) < 4.78 is 34.6. The zero-order valence-corrected chi connectivity index (χ0v) is 18.5.